The standard InChI is InChI=1S/C20H18N2O3/c21-12-15-4-6-16(7-5-15)17-11-20(25-13-17)8-2-9-22(14-20)19(23)18-3-1-10-24-18/h1,3-7,10,13H,2,8-9,11,14H2. The maximum Gasteiger partial charge on any atom is 0.289 e. The highest BCUT2D eigenvalue weighted by Crippen LogP contribution is 2.40. The summed E-state index contributed by atoms with van der Waals surface area (Å²) in [5.74, 6) is 0.287. The molecule has 1 fully saturated rings. The highest BCUT2D eigenvalue weighted by molar-refractivity contribution is 5.91. The molecule has 1 unspecified atom stereocenters. The lowest BCUT2D eigenvalue weighted by Gasteiger charge is -2.39. The molecule has 126 valence electrons. The van der Waals surface area contributed by atoms with Crippen molar-refractivity contribution in [2.75, 3.05) is 13.1 Å². The van der Waals surface area contributed by atoms with Gasteiger partial charge in [-0.1, -0.05) is 12.1 Å². The van der Waals surface area contributed by atoms with Gasteiger partial charge in [-0.3, -0.25) is 4.79 Å². The quantitative estimate of drug-likeness (QED) is 0.842. The molecule has 0 bridgehead atoms. The second-order valence-electron chi connectivity index (χ2n) is 6.62. The summed E-state index contributed by atoms with van der Waals surface area (Å²) in [6.45, 7) is 1.28. The molecule has 1 amide bonds. The van der Waals surface area contributed by atoms with E-state index in [1.165, 1.54) is 6.26 Å². The third-order valence-corrected chi connectivity index (χ3v) is 4.91. The van der Waals surface area contributed by atoms with Gasteiger partial charge < -0.3 is 14.1 Å². The van der Waals surface area contributed by atoms with Crippen molar-refractivity contribution in [1.82, 2.24) is 4.90 Å². The van der Waals surface area contributed by atoms with Crippen molar-refractivity contribution < 1.29 is 13.9 Å². The number of carbonyl (C=O) groups excluding carboxylic acids is 1. The highest BCUT2D eigenvalue weighted by Gasteiger charge is 2.42. The lowest BCUT2D eigenvalue weighted by Crippen LogP contribution is -2.50. The predicted molar refractivity (Wildman–Crippen MR) is 91.4 cm³/mol. The van der Waals surface area contributed by atoms with Crippen LogP contribution in [0.5, 0.6) is 0 Å². The fourth-order valence-electron chi connectivity index (χ4n) is 3.62. The van der Waals surface area contributed by atoms with Crippen LogP contribution in [0.4, 0.5) is 0 Å². The topological polar surface area (TPSA) is 66.5 Å². The summed E-state index contributed by atoms with van der Waals surface area (Å²) in [4.78, 5) is 14.4. The third-order valence-electron chi connectivity index (χ3n) is 4.91. The summed E-state index contributed by atoms with van der Waals surface area (Å²) in [6, 6.07) is 13.1. The van der Waals surface area contributed by atoms with Gasteiger partial charge in [-0.25, -0.2) is 0 Å². The molecule has 0 N–H and O–H groups in total. The van der Waals surface area contributed by atoms with Gasteiger partial charge in [-0.05, 0) is 48.2 Å². The minimum atomic E-state index is -0.357. The Morgan fingerprint density at radius 1 is 1.24 bits per heavy atom. The number of hydrogen-bond donors (Lipinski definition) is 0. The van der Waals surface area contributed by atoms with Crippen LogP contribution in [0.25, 0.3) is 5.57 Å². The zero-order valence-corrected chi connectivity index (χ0v) is 13.8. The molecule has 0 aliphatic carbocycles. The molecule has 1 spiro atoms. The predicted octanol–water partition coefficient (Wildman–Crippen LogP) is 3.59. The zero-order valence-electron chi connectivity index (χ0n) is 13.8. The number of amides is 1. The molecule has 5 nitrogen and oxygen atoms in total. The molecular weight excluding hydrogens is 316 g/mol. The minimum Gasteiger partial charge on any atom is -0.492 e. The van der Waals surface area contributed by atoms with Gasteiger partial charge in [0.2, 0.25) is 0 Å². The molecule has 4 rings (SSSR count). The van der Waals surface area contributed by atoms with E-state index in [4.69, 9.17) is 14.4 Å². The van der Waals surface area contributed by atoms with E-state index in [1.54, 1.807) is 12.1 Å². The van der Waals surface area contributed by atoms with E-state index in [2.05, 4.69) is 6.07 Å². The highest BCUT2D eigenvalue weighted by atomic mass is 16.5. The Labute approximate surface area is 146 Å². The van der Waals surface area contributed by atoms with E-state index >= 15 is 0 Å². The van der Waals surface area contributed by atoms with Gasteiger partial charge >= 0.3 is 0 Å². The Balaban J connectivity index is 1.48. The van der Waals surface area contributed by atoms with E-state index in [0.717, 1.165) is 36.9 Å². The van der Waals surface area contributed by atoms with Crippen LogP contribution in [0.3, 0.4) is 0 Å². The Kier molecular flexibility index (Phi) is 3.81. The smallest absolute Gasteiger partial charge is 0.289 e. The van der Waals surface area contributed by atoms with Crippen LogP contribution in [0.2, 0.25) is 0 Å². The van der Waals surface area contributed by atoms with E-state index in [1.807, 2.05) is 35.4 Å². The fourth-order valence-corrected chi connectivity index (χ4v) is 3.62. The number of benzene rings is 1. The van der Waals surface area contributed by atoms with Crippen LogP contribution in [0.15, 0.2) is 53.3 Å². The van der Waals surface area contributed by atoms with Crippen molar-refractivity contribution in [3.63, 3.8) is 0 Å². The third kappa shape index (κ3) is 2.91. The Morgan fingerprint density at radius 3 is 2.80 bits per heavy atom. The number of nitrogens with zero attached hydrogens (tertiary/aromatic N) is 2. The number of rotatable bonds is 2. The summed E-state index contributed by atoms with van der Waals surface area (Å²) >= 11 is 0. The maximum atomic E-state index is 12.6. The average Bonchev–Trinajstić information content (AvgIpc) is 3.32. The van der Waals surface area contributed by atoms with Crippen LogP contribution >= 0.6 is 0 Å². The summed E-state index contributed by atoms with van der Waals surface area (Å²) in [7, 11) is 0. The number of carbonyl (C=O) groups is 1. The number of ether oxygens (including phenoxy) is 1. The van der Waals surface area contributed by atoms with Gasteiger partial charge in [0.15, 0.2) is 5.76 Å². The number of furan rings is 1. The van der Waals surface area contributed by atoms with Gasteiger partial charge in [0.25, 0.3) is 5.91 Å². The first kappa shape index (κ1) is 15.5. The molecule has 1 atom stereocenters. The number of nitriles is 1. The summed E-state index contributed by atoms with van der Waals surface area (Å²) < 4.78 is 11.3. The first-order valence-corrected chi connectivity index (χ1v) is 8.39. The van der Waals surface area contributed by atoms with Gasteiger partial charge in [0.05, 0.1) is 30.7 Å². The second-order valence-corrected chi connectivity index (χ2v) is 6.62. The number of piperidine rings is 1. The molecule has 2 aliphatic heterocycles. The second kappa shape index (κ2) is 6.14. The molecule has 2 aliphatic rings. The molecule has 2 aromatic rings. The monoisotopic (exact) mass is 334 g/mol. The molecule has 3 heterocycles. The van der Waals surface area contributed by atoms with Crippen LogP contribution in [0, 0.1) is 11.3 Å². The van der Waals surface area contributed by atoms with Crippen LogP contribution in [-0.2, 0) is 4.74 Å². The molecule has 0 saturated carbocycles. The maximum absolute atomic E-state index is 12.6. The summed E-state index contributed by atoms with van der Waals surface area (Å²) in [5.41, 5.74) is 2.46. The average molecular weight is 334 g/mol. The normalized spacial score (nSPS) is 22.4. The summed E-state index contributed by atoms with van der Waals surface area (Å²) in [6.07, 6.45) is 5.92. The minimum absolute atomic E-state index is 0.0838. The largest absolute Gasteiger partial charge is 0.492 e. The van der Waals surface area contributed by atoms with E-state index in [-0.39, 0.29) is 11.5 Å². The van der Waals surface area contributed by atoms with Gasteiger partial charge in [0, 0.05) is 13.0 Å². The van der Waals surface area contributed by atoms with E-state index in [0.29, 0.717) is 17.9 Å². The van der Waals surface area contributed by atoms with Crippen molar-refractivity contribution >= 4 is 11.5 Å². The first-order chi connectivity index (χ1) is 12.2. The Bertz CT molecular complexity index is 846. The van der Waals surface area contributed by atoms with Crippen molar-refractivity contribution in [1.29, 1.82) is 5.26 Å². The zero-order chi connectivity index (χ0) is 17.3. The SMILES string of the molecule is N#Cc1ccc(C2=COC3(CCCN(C(=O)c4ccco4)C3)C2)cc1. The first-order valence-electron chi connectivity index (χ1n) is 8.39. The van der Waals surface area contributed by atoms with Crippen molar-refractivity contribution in [3.05, 3.63) is 65.8 Å². The Hall–Kier alpha value is -3.00. The van der Waals surface area contributed by atoms with E-state index in [9.17, 15) is 4.79 Å². The van der Waals surface area contributed by atoms with Crippen LogP contribution in [-0.4, -0.2) is 29.5 Å². The molecule has 1 aromatic carbocycles. The van der Waals surface area contributed by atoms with Crippen LogP contribution in [0.1, 0.15) is 40.9 Å². The molecule has 5 heteroatoms. The molecule has 1 saturated heterocycles. The van der Waals surface area contributed by atoms with Crippen molar-refractivity contribution in [2.24, 2.45) is 0 Å². The van der Waals surface area contributed by atoms with Gasteiger partial charge in [0.1, 0.15) is 5.60 Å². The molecular formula is C20H18N2O3. The molecule has 0 radical (unpaired) electrons. The lowest BCUT2D eigenvalue weighted by molar-refractivity contribution is -0.0198. The molecule has 1 aromatic heterocycles. The van der Waals surface area contributed by atoms with E-state index < -0.39 is 0 Å². The number of hydrogen-bond acceptors (Lipinski definition) is 4. The van der Waals surface area contributed by atoms with Gasteiger partial charge in [-0.2, -0.15) is 5.26 Å². The summed E-state index contributed by atoms with van der Waals surface area (Å²) in [5, 5.41) is 8.92. The molecule has 25 heavy (non-hydrogen) atoms. The van der Waals surface area contributed by atoms with Crippen molar-refractivity contribution in [2.45, 2.75) is 24.9 Å². The Morgan fingerprint density at radius 2 is 2.08 bits per heavy atom. The number of likely N-dealkylation sites (tertiary alicyclic amines) is 1. The van der Waals surface area contributed by atoms with Crippen LogP contribution < -0.4 is 0 Å². The fraction of sp³-hybridized carbons (Fsp3) is 0.300. The van der Waals surface area contributed by atoms with Gasteiger partial charge in [-0.15, -0.1) is 0 Å². The lowest BCUT2D eigenvalue weighted by atomic mass is 9.86. The van der Waals surface area contributed by atoms with Crippen molar-refractivity contribution in [3.8, 4) is 6.07 Å².